The summed E-state index contributed by atoms with van der Waals surface area (Å²) in [6, 6.07) is 2.29. The molecule has 1 fully saturated rings. The number of thiophene rings is 1. The third-order valence-corrected chi connectivity index (χ3v) is 5.60. The van der Waals surface area contributed by atoms with Gasteiger partial charge < -0.3 is 0 Å². The van der Waals surface area contributed by atoms with Crippen LogP contribution in [0.25, 0.3) is 0 Å². The number of halogens is 2. The van der Waals surface area contributed by atoms with Gasteiger partial charge in [-0.15, -0.1) is 11.3 Å². The summed E-state index contributed by atoms with van der Waals surface area (Å²) in [6.07, 6.45) is 6.87. The first kappa shape index (κ1) is 11.2. The molecule has 0 saturated heterocycles. The van der Waals surface area contributed by atoms with Crippen molar-refractivity contribution in [2.75, 3.05) is 0 Å². The second-order valence-corrected chi connectivity index (χ2v) is 8.11. The summed E-state index contributed by atoms with van der Waals surface area (Å²) in [7, 11) is 0. The van der Waals surface area contributed by atoms with Crippen LogP contribution in [0.1, 0.15) is 44.6 Å². The molecule has 0 unspecified atom stereocenters. The number of hydrogen-bond acceptors (Lipinski definition) is 1. The average molecular weight is 338 g/mol. The molecule has 1 aromatic rings. The molecule has 0 radical (unpaired) electrons. The monoisotopic (exact) mass is 336 g/mol. The molecule has 1 aliphatic rings. The molecule has 1 saturated carbocycles. The van der Waals surface area contributed by atoms with Gasteiger partial charge >= 0.3 is 0 Å². The quantitative estimate of drug-likeness (QED) is 0.635. The minimum absolute atomic E-state index is 0.416. The lowest BCUT2D eigenvalue weighted by Gasteiger charge is -2.33. The Kier molecular flexibility index (Phi) is 3.40. The van der Waals surface area contributed by atoms with E-state index in [0.717, 1.165) is 0 Å². The summed E-state index contributed by atoms with van der Waals surface area (Å²) in [5, 5.41) is 0. The predicted octanol–water partition coefficient (Wildman–Crippen LogP) is 5.49. The fourth-order valence-electron chi connectivity index (χ4n) is 2.35. The molecule has 0 nitrogen and oxygen atoms in total. The molecule has 1 heterocycles. The van der Waals surface area contributed by atoms with Crippen LogP contribution in [-0.4, -0.2) is 0 Å². The van der Waals surface area contributed by atoms with Crippen LogP contribution in [0.3, 0.4) is 0 Å². The molecular formula is C11H14Br2S. The van der Waals surface area contributed by atoms with Crippen molar-refractivity contribution in [3.8, 4) is 0 Å². The first-order valence-electron chi connectivity index (χ1n) is 5.07. The molecule has 0 amide bonds. The zero-order valence-corrected chi connectivity index (χ0v) is 12.3. The van der Waals surface area contributed by atoms with E-state index in [2.05, 4.69) is 44.8 Å². The second-order valence-electron chi connectivity index (χ2n) is 4.36. The molecule has 3 heteroatoms. The van der Waals surface area contributed by atoms with Crippen LogP contribution in [0.2, 0.25) is 0 Å². The molecule has 1 aromatic heterocycles. The van der Waals surface area contributed by atoms with Gasteiger partial charge in [-0.2, -0.15) is 0 Å². The molecule has 2 rings (SSSR count). The summed E-state index contributed by atoms with van der Waals surface area (Å²) in [5.74, 6) is 0. The maximum atomic E-state index is 3.68. The van der Waals surface area contributed by atoms with Crippen molar-refractivity contribution in [1.29, 1.82) is 0 Å². The van der Waals surface area contributed by atoms with Gasteiger partial charge in [-0.25, -0.2) is 0 Å². The smallest absolute Gasteiger partial charge is 0.0748 e. The molecule has 0 atom stereocenters. The Balaban J connectivity index is 2.32. The van der Waals surface area contributed by atoms with Gasteiger partial charge in [0.1, 0.15) is 0 Å². The fourth-order valence-corrected chi connectivity index (χ4v) is 5.60. The van der Waals surface area contributed by atoms with Crippen molar-refractivity contribution in [2.24, 2.45) is 0 Å². The molecule has 0 spiro atoms. The summed E-state index contributed by atoms with van der Waals surface area (Å²) in [4.78, 5) is 0. The van der Waals surface area contributed by atoms with Gasteiger partial charge in [0, 0.05) is 0 Å². The van der Waals surface area contributed by atoms with Crippen LogP contribution in [0.4, 0.5) is 0 Å². The minimum atomic E-state index is 0.416. The maximum Gasteiger partial charge on any atom is 0.0748 e. The summed E-state index contributed by atoms with van der Waals surface area (Å²) in [5.41, 5.74) is 1.92. The number of hydrogen-bond donors (Lipinski definition) is 0. The zero-order valence-electron chi connectivity index (χ0n) is 8.28. The van der Waals surface area contributed by atoms with Crippen LogP contribution in [0.15, 0.2) is 13.6 Å². The summed E-state index contributed by atoms with van der Waals surface area (Å²) < 4.78 is 2.56. The molecule has 0 N–H and O–H groups in total. The molecule has 0 aliphatic heterocycles. The highest BCUT2D eigenvalue weighted by molar-refractivity contribution is 9.12. The third-order valence-electron chi connectivity index (χ3n) is 3.26. The van der Waals surface area contributed by atoms with Crippen molar-refractivity contribution in [1.82, 2.24) is 0 Å². The molecule has 1 aliphatic carbocycles. The van der Waals surface area contributed by atoms with E-state index < -0.39 is 0 Å². The maximum absolute atomic E-state index is 3.68. The molecule has 78 valence electrons. The summed E-state index contributed by atoms with van der Waals surface area (Å²) in [6.45, 7) is 2.41. The summed E-state index contributed by atoms with van der Waals surface area (Å²) >= 11 is 9.03. The van der Waals surface area contributed by atoms with Crippen molar-refractivity contribution >= 4 is 43.2 Å². The molecule has 0 bridgehead atoms. The van der Waals surface area contributed by atoms with E-state index in [4.69, 9.17) is 0 Å². The lowest BCUT2D eigenvalue weighted by atomic mass is 9.72. The lowest BCUT2D eigenvalue weighted by Crippen LogP contribution is -2.24. The van der Waals surface area contributed by atoms with Gasteiger partial charge in [0.05, 0.1) is 7.57 Å². The minimum Gasteiger partial charge on any atom is -0.121 e. The van der Waals surface area contributed by atoms with Crippen molar-refractivity contribution in [3.05, 3.63) is 19.2 Å². The Bertz CT molecular complexity index is 324. The SMILES string of the molecule is CC1(c2cc(Br)sc2Br)CCCCC1. The predicted molar refractivity (Wildman–Crippen MR) is 70.2 cm³/mol. The molecule has 0 aromatic carbocycles. The Morgan fingerprint density at radius 1 is 1.21 bits per heavy atom. The van der Waals surface area contributed by atoms with E-state index in [0.29, 0.717) is 5.41 Å². The Morgan fingerprint density at radius 2 is 1.86 bits per heavy atom. The lowest BCUT2D eigenvalue weighted by molar-refractivity contribution is 0.319. The van der Waals surface area contributed by atoms with Crippen LogP contribution in [-0.2, 0) is 5.41 Å². The van der Waals surface area contributed by atoms with E-state index in [1.54, 1.807) is 11.3 Å². The van der Waals surface area contributed by atoms with Gasteiger partial charge in [-0.1, -0.05) is 26.2 Å². The van der Waals surface area contributed by atoms with Crippen LogP contribution < -0.4 is 0 Å². The van der Waals surface area contributed by atoms with Gasteiger partial charge in [0.15, 0.2) is 0 Å². The number of rotatable bonds is 1. The van der Waals surface area contributed by atoms with E-state index in [-0.39, 0.29) is 0 Å². The highest BCUT2D eigenvalue weighted by Crippen LogP contribution is 2.45. The van der Waals surface area contributed by atoms with E-state index in [1.165, 1.54) is 45.2 Å². The van der Waals surface area contributed by atoms with Crippen LogP contribution >= 0.6 is 43.2 Å². The highest BCUT2D eigenvalue weighted by Gasteiger charge is 2.31. The van der Waals surface area contributed by atoms with Crippen LogP contribution in [0.5, 0.6) is 0 Å². The van der Waals surface area contributed by atoms with Crippen LogP contribution in [0, 0.1) is 0 Å². The van der Waals surface area contributed by atoms with Gasteiger partial charge in [0.25, 0.3) is 0 Å². The second kappa shape index (κ2) is 4.26. The Labute approximate surface area is 106 Å². The van der Waals surface area contributed by atoms with Crippen molar-refractivity contribution in [2.45, 2.75) is 44.4 Å². The van der Waals surface area contributed by atoms with Gasteiger partial charge in [-0.05, 0) is 61.7 Å². The van der Waals surface area contributed by atoms with Gasteiger partial charge in [-0.3, -0.25) is 0 Å². The van der Waals surface area contributed by atoms with E-state index in [1.807, 2.05) is 0 Å². The molecular weight excluding hydrogens is 324 g/mol. The average Bonchev–Trinajstić information content (AvgIpc) is 2.47. The normalized spacial score (nSPS) is 21.1. The Morgan fingerprint density at radius 3 is 2.36 bits per heavy atom. The van der Waals surface area contributed by atoms with Crippen molar-refractivity contribution in [3.63, 3.8) is 0 Å². The first-order chi connectivity index (χ1) is 6.62. The van der Waals surface area contributed by atoms with Gasteiger partial charge in [0.2, 0.25) is 0 Å². The largest absolute Gasteiger partial charge is 0.121 e. The first-order valence-corrected chi connectivity index (χ1v) is 7.47. The third kappa shape index (κ3) is 2.10. The zero-order chi connectivity index (χ0) is 10.2. The Hall–Kier alpha value is 0.660. The van der Waals surface area contributed by atoms with E-state index in [9.17, 15) is 0 Å². The standard InChI is InChI=1S/C11H14Br2S/c1-11(5-3-2-4-6-11)8-7-9(12)14-10(8)13/h7H,2-6H2,1H3. The highest BCUT2D eigenvalue weighted by atomic mass is 79.9. The molecule has 14 heavy (non-hydrogen) atoms. The van der Waals surface area contributed by atoms with Crippen molar-refractivity contribution < 1.29 is 0 Å². The fraction of sp³-hybridized carbons (Fsp3) is 0.636. The topological polar surface area (TPSA) is 0 Å². The van der Waals surface area contributed by atoms with E-state index >= 15 is 0 Å².